The van der Waals surface area contributed by atoms with Gasteiger partial charge in [0.2, 0.25) is 0 Å². The highest BCUT2D eigenvalue weighted by atomic mass is 35.5. The van der Waals surface area contributed by atoms with Crippen molar-refractivity contribution in [1.29, 1.82) is 0 Å². The Labute approximate surface area is 65.6 Å². The first-order valence-corrected chi connectivity index (χ1v) is 4.84. The van der Waals surface area contributed by atoms with Crippen molar-refractivity contribution in [2.24, 2.45) is 5.41 Å². The lowest BCUT2D eigenvalue weighted by atomic mass is 10.0. The smallest absolute Gasteiger partial charge is 0.195 e. The third kappa shape index (κ3) is 4.99. The van der Waals surface area contributed by atoms with E-state index in [1.54, 1.807) is 13.8 Å². The number of alkyl halides is 1. The molecule has 0 aliphatic carbocycles. The Morgan fingerprint density at radius 2 is 1.90 bits per heavy atom. The molecule has 0 aliphatic rings. The van der Waals surface area contributed by atoms with Crippen molar-refractivity contribution < 1.29 is 12.3 Å². The maximum absolute atomic E-state index is 12.0. The molecule has 0 unspecified atom stereocenters. The summed E-state index contributed by atoms with van der Waals surface area (Å²) in [7, 11) is -4.38. The first-order valence-electron chi connectivity index (χ1n) is 2.75. The van der Waals surface area contributed by atoms with Crippen LogP contribution in [0.1, 0.15) is 13.8 Å². The predicted octanol–water partition coefficient (Wildman–Crippen LogP) is 1.55. The molecule has 0 amide bonds. The van der Waals surface area contributed by atoms with E-state index in [0.29, 0.717) is 0 Å². The quantitative estimate of drug-likeness (QED) is 0.498. The van der Waals surface area contributed by atoms with Crippen molar-refractivity contribution in [1.82, 2.24) is 0 Å². The number of halogens is 2. The fourth-order valence-corrected chi connectivity index (χ4v) is 1.75. The minimum atomic E-state index is -4.38. The first kappa shape index (κ1) is 10.2. The van der Waals surface area contributed by atoms with E-state index in [2.05, 4.69) is 0 Å². The summed E-state index contributed by atoms with van der Waals surface area (Å²) in [5, 5.41) is 0. The molecule has 0 radical (unpaired) electrons. The SMILES string of the molecule is CC(C)(CCl)CS(=O)(=O)F. The zero-order valence-corrected chi connectivity index (χ0v) is 7.47. The van der Waals surface area contributed by atoms with Gasteiger partial charge in [0, 0.05) is 5.88 Å². The van der Waals surface area contributed by atoms with Crippen molar-refractivity contribution in [3.8, 4) is 0 Å². The highest BCUT2D eigenvalue weighted by Gasteiger charge is 2.24. The minimum absolute atomic E-state index is 0.135. The number of rotatable bonds is 3. The zero-order valence-electron chi connectivity index (χ0n) is 5.89. The maximum atomic E-state index is 12.0. The second-order valence-corrected chi connectivity index (χ2v) is 4.61. The summed E-state index contributed by atoms with van der Waals surface area (Å²) in [5.41, 5.74) is -0.671. The molecule has 0 aliphatic heterocycles. The zero-order chi connectivity index (χ0) is 8.41. The van der Waals surface area contributed by atoms with Gasteiger partial charge in [-0.05, 0) is 5.41 Å². The molecule has 0 atom stereocenters. The van der Waals surface area contributed by atoms with Gasteiger partial charge in [-0.1, -0.05) is 13.8 Å². The van der Waals surface area contributed by atoms with Gasteiger partial charge >= 0.3 is 10.2 Å². The van der Waals surface area contributed by atoms with E-state index < -0.39 is 21.4 Å². The van der Waals surface area contributed by atoms with E-state index >= 15 is 0 Å². The molecule has 5 heteroatoms. The fourth-order valence-electron chi connectivity index (χ4n) is 0.505. The molecule has 0 saturated carbocycles. The summed E-state index contributed by atoms with van der Waals surface area (Å²) < 4.78 is 32.1. The Kier molecular flexibility index (Phi) is 3.10. The minimum Gasteiger partial charge on any atom is -0.195 e. The van der Waals surface area contributed by atoms with Gasteiger partial charge in [0.15, 0.2) is 0 Å². The van der Waals surface area contributed by atoms with Gasteiger partial charge in [-0.25, -0.2) is 0 Å². The molecule has 0 aromatic heterocycles. The summed E-state index contributed by atoms with van der Waals surface area (Å²) in [6, 6.07) is 0. The monoisotopic (exact) mass is 188 g/mol. The Morgan fingerprint density at radius 1 is 1.50 bits per heavy atom. The fraction of sp³-hybridized carbons (Fsp3) is 1.00. The third-order valence-corrected chi connectivity index (χ3v) is 2.77. The molecular formula is C5H10ClFO2S. The average Bonchev–Trinajstić information content (AvgIpc) is 1.60. The van der Waals surface area contributed by atoms with Crippen LogP contribution in [-0.2, 0) is 10.2 Å². The van der Waals surface area contributed by atoms with Gasteiger partial charge in [-0.2, -0.15) is 8.42 Å². The van der Waals surface area contributed by atoms with Crippen LogP contribution in [0.4, 0.5) is 3.89 Å². The third-order valence-electron chi connectivity index (χ3n) is 0.925. The molecule has 0 bridgehead atoms. The van der Waals surface area contributed by atoms with Crippen molar-refractivity contribution in [2.45, 2.75) is 13.8 Å². The molecule has 0 N–H and O–H groups in total. The van der Waals surface area contributed by atoms with Crippen LogP contribution in [0, 0.1) is 5.41 Å². The molecular weight excluding hydrogens is 179 g/mol. The summed E-state index contributed by atoms with van der Waals surface area (Å²) in [6.07, 6.45) is 0. The van der Waals surface area contributed by atoms with Crippen LogP contribution in [0.5, 0.6) is 0 Å². The van der Waals surface area contributed by atoms with Crippen molar-refractivity contribution >= 4 is 21.8 Å². The Hall–Kier alpha value is 0.170. The van der Waals surface area contributed by atoms with Crippen molar-refractivity contribution in [3.05, 3.63) is 0 Å². The molecule has 0 aromatic carbocycles. The molecule has 0 heterocycles. The lowest BCUT2D eigenvalue weighted by Crippen LogP contribution is -2.23. The van der Waals surface area contributed by atoms with Crippen LogP contribution < -0.4 is 0 Å². The van der Waals surface area contributed by atoms with E-state index in [4.69, 9.17) is 11.6 Å². The van der Waals surface area contributed by atoms with Crippen LogP contribution in [0.15, 0.2) is 0 Å². The lowest BCUT2D eigenvalue weighted by Gasteiger charge is -2.17. The standard InChI is InChI=1S/C5H10ClFO2S/c1-5(2,3-6)4-10(7,8)9/h3-4H2,1-2H3. The normalized spacial score (nSPS) is 13.6. The first-order chi connectivity index (χ1) is 4.27. The van der Waals surface area contributed by atoms with Crippen LogP contribution in [-0.4, -0.2) is 20.1 Å². The van der Waals surface area contributed by atoms with Crippen molar-refractivity contribution in [3.63, 3.8) is 0 Å². The number of hydrogen-bond acceptors (Lipinski definition) is 2. The van der Waals surface area contributed by atoms with E-state index in [-0.39, 0.29) is 5.88 Å². The Bertz CT molecular complexity index is 198. The second-order valence-electron chi connectivity index (χ2n) is 2.98. The van der Waals surface area contributed by atoms with E-state index in [9.17, 15) is 12.3 Å². The maximum Gasteiger partial charge on any atom is 0.302 e. The molecule has 62 valence electrons. The Morgan fingerprint density at radius 3 is 2.00 bits per heavy atom. The Balaban J connectivity index is 4.16. The summed E-state index contributed by atoms with van der Waals surface area (Å²) in [6.45, 7) is 3.19. The van der Waals surface area contributed by atoms with E-state index in [1.807, 2.05) is 0 Å². The van der Waals surface area contributed by atoms with Crippen LogP contribution in [0.2, 0.25) is 0 Å². The van der Waals surface area contributed by atoms with Gasteiger partial charge in [0.25, 0.3) is 0 Å². The van der Waals surface area contributed by atoms with Crippen LogP contribution >= 0.6 is 11.6 Å². The van der Waals surface area contributed by atoms with Crippen molar-refractivity contribution in [2.75, 3.05) is 11.6 Å². The molecule has 0 aromatic rings. The highest BCUT2D eigenvalue weighted by molar-refractivity contribution is 7.86. The second kappa shape index (κ2) is 3.05. The predicted molar refractivity (Wildman–Crippen MR) is 39.4 cm³/mol. The summed E-state index contributed by atoms with van der Waals surface area (Å²) >= 11 is 5.37. The van der Waals surface area contributed by atoms with Crippen LogP contribution in [0.3, 0.4) is 0 Å². The molecule has 10 heavy (non-hydrogen) atoms. The molecule has 0 fully saturated rings. The highest BCUT2D eigenvalue weighted by Crippen LogP contribution is 2.19. The van der Waals surface area contributed by atoms with Gasteiger partial charge < -0.3 is 0 Å². The average molecular weight is 189 g/mol. The molecule has 0 rings (SSSR count). The largest absolute Gasteiger partial charge is 0.302 e. The van der Waals surface area contributed by atoms with E-state index in [1.165, 1.54) is 0 Å². The van der Waals surface area contributed by atoms with Gasteiger partial charge in [0.1, 0.15) is 0 Å². The van der Waals surface area contributed by atoms with Gasteiger partial charge in [-0.15, -0.1) is 15.5 Å². The molecule has 0 saturated heterocycles. The number of hydrogen-bond donors (Lipinski definition) is 0. The summed E-state index contributed by atoms with van der Waals surface area (Å²) in [5.74, 6) is -0.375. The van der Waals surface area contributed by atoms with Gasteiger partial charge in [-0.3, -0.25) is 0 Å². The summed E-state index contributed by atoms with van der Waals surface area (Å²) in [4.78, 5) is 0. The van der Waals surface area contributed by atoms with Crippen LogP contribution in [0.25, 0.3) is 0 Å². The van der Waals surface area contributed by atoms with E-state index in [0.717, 1.165) is 0 Å². The topological polar surface area (TPSA) is 34.1 Å². The molecule has 2 nitrogen and oxygen atoms in total. The lowest BCUT2D eigenvalue weighted by molar-refractivity contribution is 0.454. The van der Waals surface area contributed by atoms with Gasteiger partial charge in [0.05, 0.1) is 5.75 Å². The molecule has 0 spiro atoms.